The molecule has 2 nitrogen and oxygen atoms in total. The van der Waals surface area contributed by atoms with Crippen LogP contribution in [-0.4, -0.2) is 17.7 Å². The van der Waals surface area contributed by atoms with Crippen LogP contribution in [0.1, 0.15) is 39.0 Å². The van der Waals surface area contributed by atoms with Crippen LogP contribution in [0.4, 0.5) is 13.2 Å². The van der Waals surface area contributed by atoms with E-state index in [1.54, 1.807) is 0 Å². The topological polar surface area (TPSA) is 34.1 Å². The molecule has 0 aliphatic heterocycles. The summed E-state index contributed by atoms with van der Waals surface area (Å²) in [6.45, 7) is 1.94. The average Bonchev–Trinajstić information content (AvgIpc) is 2.19. The normalized spacial score (nSPS) is 26.9. The number of hydrogen-bond acceptors (Lipinski definition) is 2. The van der Waals surface area contributed by atoms with Gasteiger partial charge in [-0.25, -0.2) is 0 Å². The molecular weight excluding hydrogens is 221 g/mol. The Kier molecular flexibility index (Phi) is 4.10. The smallest absolute Gasteiger partial charge is 0.299 e. The molecule has 5 heteroatoms. The van der Waals surface area contributed by atoms with Crippen molar-refractivity contribution in [3.05, 3.63) is 0 Å². The predicted molar refractivity (Wildman–Crippen MR) is 51.8 cm³/mol. The number of ketones is 2. The van der Waals surface area contributed by atoms with Crippen LogP contribution in [0.2, 0.25) is 0 Å². The quantitative estimate of drug-likeness (QED) is 0.706. The van der Waals surface area contributed by atoms with Gasteiger partial charge in [-0.15, -0.1) is 0 Å². The summed E-state index contributed by atoms with van der Waals surface area (Å²) in [6, 6.07) is 0. The summed E-state index contributed by atoms with van der Waals surface area (Å²) >= 11 is 0. The lowest BCUT2D eigenvalue weighted by Gasteiger charge is -2.27. The molecule has 1 saturated carbocycles. The summed E-state index contributed by atoms with van der Waals surface area (Å²) in [5, 5.41) is 0. The molecule has 0 radical (unpaired) electrons. The number of carbonyl (C=O) groups is 2. The van der Waals surface area contributed by atoms with Crippen molar-refractivity contribution in [3.63, 3.8) is 0 Å². The molecule has 0 bridgehead atoms. The van der Waals surface area contributed by atoms with Gasteiger partial charge in [0, 0.05) is 6.42 Å². The third-order valence-corrected chi connectivity index (χ3v) is 3.05. The summed E-state index contributed by atoms with van der Waals surface area (Å²) < 4.78 is 36.7. The van der Waals surface area contributed by atoms with Crippen LogP contribution in [0.3, 0.4) is 0 Å². The predicted octanol–water partition coefficient (Wildman–Crippen LogP) is 2.90. The zero-order valence-electron chi connectivity index (χ0n) is 9.14. The van der Waals surface area contributed by atoms with Gasteiger partial charge in [0.2, 0.25) is 5.78 Å². The van der Waals surface area contributed by atoms with Crippen molar-refractivity contribution in [1.82, 2.24) is 0 Å². The van der Waals surface area contributed by atoms with E-state index in [1.165, 1.54) is 0 Å². The van der Waals surface area contributed by atoms with E-state index in [4.69, 9.17) is 0 Å². The van der Waals surface area contributed by atoms with Crippen LogP contribution < -0.4 is 0 Å². The fourth-order valence-electron chi connectivity index (χ4n) is 2.22. The Hall–Kier alpha value is -0.870. The standard InChI is InChI=1S/C11H15F3O2/c1-2-3-7-4-5-9(15)8(6-7)10(16)11(12,13)14/h7-8H,2-6H2,1H3. The highest BCUT2D eigenvalue weighted by Crippen LogP contribution is 2.34. The molecule has 92 valence electrons. The van der Waals surface area contributed by atoms with Gasteiger partial charge >= 0.3 is 6.18 Å². The minimum absolute atomic E-state index is 0.0744. The van der Waals surface area contributed by atoms with Gasteiger partial charge < -0.3 is 0 Å². The highest BCUT2D eigenvalue weighted by molar-refractivity contribution is 6.05. The Labute approximate surface area is 92.2 Å². The molecule has 0 spiro atoms. The minimum atomic E-state index is -4.88. The molecule has 1 aliphatic carbocycles. The molecule has 0 aromatic rings. The van der Waals surface area contributed by atoms with Crippen molar-refractivity contribution >= 4 is 11.6 Å². The van der Waals surface area contributed by atoms with E-state index >= 15 is 0 Å². The van der Waals surface area contributed by atoms with Gasteiger partial charge in [-0.2, -0.15) is 13.2 Å². The number of rotatable bonds is 3. The van der Waals surface area contributed by atoms with Crippen molar-refractivity contribution in [3.8, 4) is 0 Å². The molecule has 0 N–H and O–H groups in total. The molecule has 1 aliphatic rings. The summed E-state index contributed by atoms with van der Waals surface area (Å²) in [7, 11) is 0. The van der Waals surface area contributed by atoms with Gasteiger partial charge in [0.25, 0.3) is 0 Å². The van der Waals surface area contributed by atoms with Crippen LogP contribution >= 0.6 is 0 Å². The van der Waals surface area contributed by atoms with Crippen LogP contribution in [-0.2, 0) is 9.59 Å². The average molecular weight is 236 g/mol. The number of carbonyl (C=O) groups excluding carboxylic acids is 2. The molecular formula is C11H15F3O2. The molecule has 1 rings (SSSR count). The lowest BCUT2D eigenvalue weighted by molar-refractivity contribution is -0.178. The van der Waals surface area contributed by atoms with Crippen molar-refractivity contribution in [1.29, 1.82) is 0 Å². The first-order chi connectivity index (χ1) is 7.36. The maximum Gasteiger partial charge on any atom is 0.450 e. The van der Waals surface area contributed by atoms with E-state index in [-0.39, 0.29) is 18.8 Å². The monoisotopic (exact) mass is 236 g/mol. The number of halogens is 3. The summed E-state index contributed by atoms with van der Waals surface area (Å²) in [6.07, 6.45) is -2.42. The molecule has 1 fully saturated rings. The first-order valence-corrected chi connectivity index (χ1v) is 5.50. The molecule has 0 aromatic carbocycles. The maximum absolute atomic E-state index is 12.2. The van der Waals surface area contributed by atoms with Crippen LogP contribution in [0, 0.1) is 11.8 Å². The van der Waals surface area contributed by atoms with E-state index in [0.717, 1.165) is 12.8 Å². The molecule has 0 amide bonds. The molecule has 0 saturated heterocycles. The van der Waals surface area contributed by atoms with E-state index < -0.39 is 23.7 Å². The number of Topliss-reactive ketones (excluding diaryl/α,β-unsaturated/α-hetero) is 2. The maximum atomic E-state index is 12.2. The Morgan fingerprint density at radius 3 is 2.56 bits per heavy atom. The number of alkyl halides is 3. The van der Waals surface area contributed by atoms with Gasteiger partial charge in [-0.1, -0.05) is 19.8 Å². The summed E-state index contributed by atoms with van der Waals surface area (Å²) in [4.78, 5) is 22.3. The fraction of sp³-hybridized carbons (Fsp3) is 0.818. The Morgan fingerprint density at radius 1 is 1.44 bits per heavy atom. The van der Waals surface area contributed by atoms with E-state index in [9.17, 15) is 22.8 Å². The van der Waals surface area contributed by atoms with Crippen LogP contribution in [0.5, 0.6) is 0 Å². The van der Waals surface area contributed by atoms with Crippen molar-refractivity contribution < 1.29 is 22.8 Å². The summed E-state index contributed by atoms with van der Waals surface area (Å²) in [5.41, 5.74) is 0. The number of hydrogen-bond donors (Lipinski definition) is 0. The van der Waals surface area contributed by atoms with Gasteiger partial charge in [-0.3, -0.25) is 9.59 Å². The fourth-order valence-corrected chi connectivity index (χ4v) is 2.22. The Morgan fingerprint density at radius 2 is 2.06 bits per heavy atom. The van der Waals surface area contributed by atoms with Gasteiger partial charge in [0.1, 0.15) is 5.78 Å². The Balaban J connectivity index is 2.70. The molecule has 2 unspecified atom stereocenters. The minimum Gasteiger partial charge on any atom is -0.299 e. The zero-order valence-corrected chi connectivity index (χ0v) is 9.14. The first kappa shape index (κ1) is 13.2. The molecule has 16 heavy (non-hydrogen) atoms. The van der Waals surface area contributed by atoms with Crippen molar-refractivity contribution in [2.24, 2.45) is 11.8 Å². The second-order valence-electron chi connectivity index (χ2n) is 4.31. The molecule has 2 atom stereocenters. The van der Waals surface area contributed by atoms with E-state index in [2.05, 4.69) is 0 Å². The van der Waals surface area contributed by atoms with Crippen molar-refractivity contribution in [2.45, 2.75) is 45.2 Å². The highest BCUT2D eigenvalue weighted by atomic mass is 19.4. The second kappa shape index (κ2) is 4.97. The van der Waals surface area contributed by atoms with Crippen LogP contribution in [0.15, 0.2) is 0 Å². The third-order valence-electron chi connectivity index (χ3n) is 3.05. The van der Waals surface area contributed by atoms with E-state index in [1.807, 2.05) is 6.92 Å². The zero-order chi connectivity index (χ0) is 12.3. The Bertz CT molecular complexity index is 283. The molecule has 0 aromatic heterocycles. The SMILES string of the molecule is CCCC1CCC(=O)C(C(=O)C(F)(F)F)C1. The third kappa shape index (κ3) is 3.06. The molecule has 0 heterocycles. The lowest BCUT2D eigenvalue weighted by Crippen LogP contribution is -2.39. The second-order valence-corrected chi connectivity index (χ2v) is 4.31. The highest BCUT2D eigenvalue weighted by Gasteiger charge is 2.47. The van der Waals surface area contributed by atoms with E-state index in [0.29, 0.717) is 6.42 Å². The van der Waals surface area contributed by atoms with Crippen molar-refractivity contribution in [2.75, 3.05) is 0 Å². The summed E-state index contributed by atoms with van der Waals surface area (Å²) in [5.74, 6) is -3.77. The van der Waals surface area contributed by atoms with Gasteiger partial charge in [0.05, 0.1) is 5.92 Å². The van der Waals surface area contributed by atoms with Crippen LogP contribution in [0.25, 0.3) is 0 Å². The van der Waals surface area contributed by atoms with Gasteiger partial charge in [-0.05, 0) is 18.8 Å². The largest absolute Gasteiger partial charge is 0.450 e. The first-order valence-electron chi connectivity index (χ1n) is 5.50. The lowest BCUT2D eigenvalue weighted by atomic mass is 9.76. The van der Waals surface area contributed by atoms with Gasteiger partial charge in [0.15, 0.2) is 0 Å².